The summed E-state index contributed by atoms with van der Waals surface area (Å²) < 4.78 is 0. The van der Waals surface area contributed by atoms with Crippen LogP contribution in [0.1, 0.15) is 44.3 Å². The summed E-state index contributed by atoms with van der Waals surface area (Å²) in [6.45, 7) is 2.66. The molecule has 1 aromatic carbocycles. The van der Waals surface area contributed by atoms with Gasteiger partial charge < -0.3 is 20.6 Å². The lowest BCUT2D eigenvalue weighted by Crippen LogP contribution is -2.44. The lowest BCUT2D eigenvalue weighted by molar-refractivity contribution is 0.0756. The molecule has 1 fully saturated rings. The zero-order chi connectivity index (χ0) is 14.5. The molecule has 0 aromatic heterocycles. The Morgan fingerprint density at radius 2 is 1.85 bits per heavy atom. The van der Waals surface area contributed by atoms with Crippen LogP contribution >= 0.6 is 0 Å². The van der Waals surface area contributed by atoms with Crippen molar-refractivity contribution in [1.29, 1.82) is 0 Å². The Labute approximate surface area is 120 Å². The number of rotatable bonds is 5. The summed E-state index contributed by atoms with van der Waals surface area (Å²) >= 11 is 0. The third-order valence-electron chi connectivity index (χ3n) is 4.21. The van der Waals surface area contributed by atoms with Gasteiger partial charge in [-0.2, -0.15) is 0 Å². The monoisotopic (exact) mass is 279 g/mol. The molecule has 1 aromatic rings. The van der Waals surface area contributed by atoms with E-state index in [4.69, 9.17) is 0 Å². The van der Waals surface area contributed by atoms with E-state index >= 15 is 0 Å². The molecule has 4 N–H and O–H groups in total. The molecular weight excluding hydrogens is 254 g/mol. The van der Waals surface area contributed by atoms with E-state index in [1.165, 1.54) is 0 Å². The molecule has 0 heterocycles. The van der Waals surface area contributed by atoms with Gasteiger partial charge in [0.15, 0.2) is 0 Å². The summed E-state index contributed by atoms with van der Waals surface area (Å²) in [5.74, 6) is 0.255. The molecule has 4 atom stereocenters. The smallest absolute Gasteiger partial charge is 0.115 e. The second-order valence-electron chi connectivity index (χ2n) is 5.88. The number of benzene rings is 1. The molecule has 1 aliphatic rings. The topological polar surface area (TPSA) is 72.7 Å². The Hall–Kier alpha value is -1.10. The number of aromatic hydroxyl groups is 1. The molecule has 4 nitrogen and oxygen atoms in total. The zero-order valence-electron chi connectivity index (χ0n) is 12.0. The van der Waals surface area contributed by atoms with Gasteiger partial charge in [0.25, 0.3) is 0 Å². The van der Waals surface area contributed by atoms with Gasteiger partial charge in [-0.3, -0.25) is 0 Å². The molecule has 0 saturated heterocycles. The first-order chi connectivity index (χ1) is 9.58. The lowest BCUT2D eigenvalue weighted by Gasteiger charge is -2.30. The van der Waals surface area contributed by atoms with E-state index < -0.39 is 6.10 Å². The molecule has 4 unspecified atom stereocenters. The fourth-order valence-corrected chi connectivity index (χ4v) is 2.80. The SMILES string of the molecule is CC(CNC1CCCCC1O)C(O)c1ccc(O)cc1. The van der Waals surface area contributed by atoms with E-state index in [0.29, 0.717) is 6.54 Å². The van der Waals surface area contributed by atoms with Crippen LogP contribution in [0, 0.1) is 5.92 Å². The van der Waals surface area contributed by atoms with Crippen molar-refractivity contribution in [2.75, 3.05) is 6.54 Å². The first-order valence-corrected chi connectivity index (χ1v) is 7.46. The van der Waals surface area contributed by atoms with Crippen LogP contribution in [0.25, 0.3) is 0 Å². The summed E-state index contributed by atoms with van der Waals surface area (Å²) in [5, 5.41) is 32.8. The van der Waals surface area contributed by atoms with Gasteiger partial charge in [-0.1, -0.05) is 31.9 Å². The van der Waals surface area contributed by atoms with Gasteiger partial charge in [0, 0.05) is 12.6 Å². The van der Waals surface area contributed by atoms with Crippen molar-refractivity contribution in [1.82, 2.24) is 5.32 Å². The van der Waals surface area contributed by atoms with Gasteiger partial charge in [-0.25, -0.2) is 0 Å². The van der Waals surface area contributed by atoms with Crippen LogP contribution in [0.4, 0.5) is 0 Å². The molecule has 1 aliphatic carbocycles. The number of aliphatic hydroxyl groups excluding tert-OH is 2. The van der Waals surface area contributed by atoms with Crippen molar-refractivity contribution in [2.24, 2.45) is 5.92 Å². The van der Waals surface area contributed by atoms with Crippen LogP contribution in [-0.2, 0) is 0 Å². The highest BCUT2D eigenvalue weighted by Crippen LogP contribution is 2.24. The van der Waals surface area contributed by atoms with Gasteiger partial charge in [0.1, 0.15) is 5.75 Å². The van der Waals surface area contributed by atoms with Crippen LogP contribution < -0.4 is 5.32 Å². The van der Waals surface area contributed by atoms with Gasteiger partial charge in [-0.15, -0.1) is 0 Å². The molecule has 112 valence electrons. The molecule has 0 radical (unpaired) electrons. The standard InChI is InChI=1S/C16H25NO3/c1-11(10-17-14-4-2-3-5-15(14)19)16(20)12-6-8-13(18)9-7-12/h6-9,11,14-20H,2-5,10H2,1H3. The molecular formula is C16H25NO3. The number of aliphatic hydroxyl groups is 2. The van der Waals surface area contributed by atoms with Crippen molar-refractivity contribution in [3.05, 3.63) is 29.8 Å². The van der Waals surface area contributed by atoms with E-state index in [1.807, 2.05) is 6.92 Å². The van der Waals surface area contributed by atoms with E-state index in [-0.39, 0.29) is 23.8 Å². The fraction of sp³-hybridized carbons (Fsp3) is 0.625. The molecule has 0 aliphatic heterocycles. The Balaban J connectivity index is 1.84. The first kappa shape index (κ1) is 15.3. The molecule has 0 amide bonds. The minimum absolute atomic E-state index is 0.0497. The highest BCUT2D eigenvalue weighted by atomic mass is 16.3. The highest BCUT2D eigenvalue weighted by molar-refractivity contribution is 5.27. The van der Waals surface area contributed by atoms with E-state index in [1.54, 1.807) is 24.3 Å². The van der Waals surface area contributed by atoms with Crippen molar-refractivity contribution >= 4 is 0 Å². The minimum Gasteiger partial charge on any atom is -0.508 e. The summed E-state index contributed by atoms with van der Waals surface area (Å²) in [7, 11) is 0. The molecule has 2 rings (SSSR count). The lowest BCUT2D eigenvalue weighted by atomic mass is 9.91. The number of hydrogen-bond acceptors (Lipinski definition) is 4. The van der Waals surface area contributed by atoms with E-state index in [9.17, 15) is 15.3 Å². The van der Waals surface area contributed by atoms with Gasteiger partial charge in [-0.05, 0) is 36.5 Å². The van der Waals surface area contributed by atoms with Gasteiger partial charge in [0.05, 0.1) is 12.2 Å². The normalized spacial score (nSPS) is 26.1. The van der Waals surface area contributed by atoms with Crippen LogP contribution in [0.5, 0.6) is 5.75 Å². The number of hydrogen-bond donors (Lipinski definition) is 4. The second-order valence-corrected chi connectivity index (χ2v) is 5.88. The fourth-order valence-electron chi connectivity index (χ4n) is 2.80. The quantitative estimate of drug-likeness (QED) is 0.665. The molecule has 20 heavy (non-hydrogen) atoms. The van der Waals surface area contributed by atoms with E-state index in [0.717, 1.165) is 31.2 Å². The molecule has 0 spiro atoms. The predicted molar refractivity (Wildman–Crippen MR) is 78.5 cm³/mol. The first-order valence-electron chi connectivity index (χ1n) is 7.46. The maximum Gasteiger partial charge on any atom is 0.115 e. The van der Waals surface area contributed by atoms with Crippen molar-refractivity contribution in [3.63, 3.8) is 0 Å². The van der Waals surface area contributed by atoms with Crippen molar-refractivity contribution in [2.45, 2.75) is 50.9 Å². The maximum absolute atomic E-state index is 10.3. The van der Waals surface area contributed by atoms with Crippen LogP contribution in [0.2, 0.25) is 0 Å². The largest absolute Gasteiger partial charge is 0.508 e. The third kappa shape index (κ3) is 3.95. The van der Waals surface area contributed by atoms with Crippen molar-refractivity contribution < 1.29 is 15.3 Å². The molecule has 0 bridgehead atoms. The van der Waals surface area contributed by atoms with Crippen LogP contribution in [0.15, 0.2) is 24.3 Å². The van der Waals surface area contributed by atoms with E-state index in [2.05, 4.69) is 5.32 Å². The van der Waals surface area contributed by atoms with Gasteiger partial charge >= 0.3 is 0 Å². The highest BCUT2D eigenvalue weighted by Gasteiger charge is 2.24. The molecule has 1 saturated carbocycles. The second kappa shape index (κ2) is 7.07. The predicted octanol–water partition coefficient (Wildman–Crippen LogP) is 1.95. The summed E-state index contributed by atoms with van der Waals surface area (Å²) in [6, 6.07) is 6.81. The Bertz CT molecular complexity index is 407. The van der Waals surface area contributed by atoms with Crippen LogP contribution in [0.3, 0.4) is 0 Å². The summed E-state index contributed by atoms with van der Waals surface area (Å²) in [6.07, 6.45) is 3.30. The minimum atomic E-state index is -0.566. The summed E-state index contributed by atoms with van der Waals surface area (Å²) in [4.78, 5) is 0. The Morgan fingerprint density at radius 3 is 2.50 bits per heavy atom. The Kier molecular flexibility index (Phi) is 5.40. The third-order valence-corrected chi connectivity index (χ3v) is 4.21. The van der Waals surface area contributed by atoms with Gasteiger partial charge in [0.2, 0.25) is 0 Å². The Morgan fingerprint density at radius 1 is 1.20 bits per heavy atom. The number of phenols is 1. The molecule has 4 heteroatoms. The average molecular weight is 279 g/mol. The maximum atomic E-state index is 10.3. The number of nitrogens with one attached hydrogen (secondary N) is 1. The zero-order valence-corrected chi connectivity index (χ0v) is 12.0. The number of phenolic OH excluding ortho intramolecular Hbond substituents is 1. The van der Waals surface area contributed by atoms with Crippen molar-refractivity contribution in [3.8, 4) is 5.75 Å². The van der Waals surface area contributed by atoms with Crippen LogP contribution in [-0.4, -0.2) is 34.0 Å². The summed E-state index contributed by atoms with van der Waals surface area (Å²) in [5.41, 5.74) is 0.807. The average Bonchev–Trinajstić information content (AvgIpc) is 2.46.